The minimum atomic E-state index is -0.874. The number of ether oxygens (including phenoxy) is 1. The highest BCUT2D eigenvalue weighted by Gasteiger charge is 2.05. The van der Waals surface area contributed by atoms with Crippen molar-refractivity contribution in [2.45, 2.75) is 6.42 Å². The number of nitrogens with zero attached hydrogens (tertiary/aromatic N) is 1. The van der Waals surface area contributed by atoms with Crippen LogP contribution < -0.4 is 4.74 Å². The summed E-state index contributed by atoms with van der Waals surface area (Å²) >= 11 is 0. The molecule has 0 bridgehead atoms. The van der Waals surface area contributed by atoms with Gasteiger partial charge in [-0.2, -0.15) is 0 Å². The van der Waals surface area contributed by atoms with E-state index in [0.29, 0.717) is 11.3 Å². The normalized spacial score (nSPS) is 9.76. The number of carboxylic acids is 1. The SMILES string of the molecule is CN(C)C(=O)COc1ccc(CC(=O)O)cc1. The Kier molecular flexibility index (Phi) is 4.51. The van der Waals surface area contributed by atoms with Gasteiger partial charge >= 0.3 is 5.97 Å². The second-order valence-corrected chi connectivity index (χ2v) is 3.79. The van der Waals surface area contributed by atoms with Gasteiger partial charge in [0, 0.05) is 14.1 Å². The van der Waals surface area contributed by atoms with Crippen molar-refractivity contribution in [3.05, 3.63) is 29.8 Å². The van der Waals surface area contributed by atoms with Crippen molar-refractivity contribution in [1.82, 2.24) is 4.90 Å². The largest absolute Gasteiger partial charge is 0.484 e. The maximum Gasteiger partial charge on any atom is 0.307 e. The zero-order valence-corrected chi connectivity index (χ0v) is 9.84. The third-order valence-corrected chi connectivity index (χ3v) is 2.14. The van der Waals surface area contributed by atoms with Gasteiger partial charge < -0.3 is 14.7 Å². The average molecular weight is 237 g/mol. The third-order valence-electron chi connectivity index (χ3n) is 2.14. The van der Waals surface area contributed by atoms with E-state index >= 15 is 0 Å². The Morgan fingerprint density at radius 2 is 1.82 bits per heavy atom. The van der Waals surface area contributed by atoms with Crippen LogP contribution in [0.3, 0.4) is 0 Å². The summed E-state index contributed by atoms with van der Waals surface area (Å²) in [4.78, 5) is 23.2. The van der Waals surface area contributed by atoms with Gasteiger partial charge in [0.05, 0.1) is 6.42 Å². The Hall–Kier alpha value is -2.04. The number of benzene rings is 1. The van der Waals surface area contributed by atoms with Gasteiger partial charge in [-0.25, -0.2) is 0 Å². The van der Waals surface area contributed by atoms with Gasteiger partial charge in [-0.05, 0) is 17.7 Å². The van der Waals surface area contributed by atoms with Crippen LogP contribution >= 0.6 is 0 Å². The molecule has 5 nitrogen and oxygen atoms in total. The quantitative estimate of drug-likeness (QED) is 0.821. The molecule has 0 atom stereocenters. The molecule has 1 amide bonds. The summed E-state index contributed by atoms with van der Waals surface area (Å²) in [6.45, 7) is -0.0225. The second-order valence-electron chi connectivity index (χ2n) is 3.79. The highest BCUT2D eigenvalue weighted by molar-refractivity contribution is 5.77. The summed E-state index contributed by atoms with van der Waals surface area (Å²) in [6, 6.07) is 6.65. The summed E-state index contributed by atoms with van der Waals surface area (Å²) in [5.41, 5.74) is 0.698. The molecular weight excluding hydrogens is 222 g/mol. The van der Waals surface area contributed by atoms with Gasteiger partial charge in [-0.15, -0.1) is 0 Å². The molecule has 1 rings (SSSR count). The number of hydrogen-bond acceptors (Lipinski definition) is 3. The number of rotatable bonds is 5. The lowest BCUT2D eigenvalue weighted by molar-refractivity contribution is -0.136. The zero-order chi connectivity index (χ0) is 12.8. The first-order valence-electron chi connectivity index (χ1n) is 5.12. The van der Waals surface area contributed by atoms with Crippen LogP contribution in [0.15, 0.2) is 24.3 Å². The maximum absolute atomic E-state index is 11.3. The summed E-state index contributed by atoms with van der Waals surface area (Å²) in [6.07, 6.45) is -0.0170. The van der Waals surface area contributed by atoms with Crippen LogP contribution in [-0.4, -0.2) is 42.6 Å². The number of carboxylic acid groups (broad SMARTS) is 1. The fraction of sp³-hybridized carbons (Fsp3) is 0.333. The number of hydrogen-bond donors (Lipinski definition) is 1. The predicted molar refractivity (Wildman–Crippen MR) is 62.0 cm³/mol. The number of carbonyl (C=O) groups is 2. The van der Waals surface area contributed by atoms with E-state index in [-0.39, 0.29) is 18.9 Å². The molecule has 0 aliphatic heterocycles. The lowest BCUT2D eigenvalue weighted by Gasteiger charge is -2.11. The standard InChI is InChI=1S/C12H15NO4/c1-13(2)11(14)8-17-10-5-3-9(4-6-10)7-12(15)16/h3-6H,7-8H2,1-2H3,(H,15,16). The van der Waals surface area contributed by atoms with Crippen LogP contribution in [0, 0.1) is 0 Å². The van der Waals surface area contributed by atoms with Crippen molar-refractivity contribution in [2.75, 3.05) is 20.7 Å². The molecule has 0 radical (unpaired) electrons. The molecule has 5 heteroatoms. The topological polar surface area (TPSA) is 66.8 Å². The van der Waals surface area contributed by atoms with Crippen LogP contribution in [0.4, 0.5) is 0 Å². The Morgan fingerprint density at radius 1 is 1.24 bits per heavy atom. The highest BCUT2D eigenvalue weighted by atomic mass is 16.5. The molecule has 0 saturated heterocycles. The minimum absolute atomic E-state index is 0.0170. The Morgan fingerprint density at radius 3 is 2.29 bits per heavy atom. The van der Waals surface area contributed by atoms with Crippen molar-refractivity contribution < 1.29 is 19.4 Å². The van der Waals surface area contributed by atoms with Crippen molar-refractivity contribution in [1.29, 1.82) is 0 Å². The van der Waals surface area contributed by atoms with Crippen LogP contribution in [0.2, 0.25) is 0 Å². The van der Waals surface area contributed by atoms with E-state index in [1.165, 1.54) is 4.90 Å². The van der Waals surface area contributed by atoms with E-state index in [9.17, 15) is 9.59 Å². The lowest BCUT2D eigenvalue weighted by atomic mass is 10.1. The van der Waals surface area contributed by atoms with Gasteiger partial charge in [0.2, 0.25) is 0 Å². The first kappa shape index (κ1) is 13.0. The fourth-order valence-corrected chi connectivity index (χ4v) is 1.15. The van der Waals surface area contributed by atoms with Crippen molar-refractivity contribution in [2.24, 2.45) is 0 Å². The van der Waals surface area contributed by atoms with Gasteiger partial charge in [0.15, 0.2) is 6.61 Å². The van der Waals surface area contributed by atoms with E-state index < -0.39 is 5.97 Å². The van der Waals surface area contributed by atoms with E-state index in [1.54, 1.807) is 38.4 Å². The Bertz CT molecular complexity index is 397. The van der Waals surface area contributed by atoms with Crippen molar-refractivity contribution in [3.63, 3.8) is 0 Å². The summed E-state index contributed by atoms with van der Waals surface area (Å²) in [7, 11) is 3.31. The first-order valence-corrected chi connectivity index (χ1v) is 5.12. The van der Waals surface area contributed by atoms with Crippen molar-refractivity contribution >= 4 is 11.9 Å². The molecule has 0 unspecified atom stereocenters. The number of carbonyl (C=O) groups excluding carboxylic acids is 1. The minimum Gasteiger partial charge on any atom is -0.484 e. The molecule has 1 N–H and O–H groups in total. The summed E-state index contributed by atoms with van der Waals surface area (Å²) in [5.74, 6) is -0.449. The third kappa shape index (κ3) is 4.55. The lowest BCUT2D eigenvalue weighted by Crippen LogP contribution is -2.27. The van der Waals surface area contributed by atoms with Gasteiger partial charge in [0.1, 0.15) is 5.75 Å². The number of aliphatic carboxylic acids is 1. The Balaban J connectivity index is 2.51. The molecule has 0 aliphatic rings. The van der Waals surface area contributed by atoms with Crippen molar-refractivity contribution in [3.8, 4) is 5.75 Å². The fourth-order valence-electron chi connectivity index (χ4n) is 1.15. The molecular formula is C12H15NO4. The zero-order valence-electron chi connectivity index (χ0n) is 9.84. The number of amides is 1. The van der Waals surface area contributed by atoms with E-state index in [2.05, 4.69) is 0 Å². The monoisotopic (exact) mass is 237 g/mol. The molecule has 0 saturated carbocycles. The van der Waals surface area contributed by atoms with Crippen LogP contribution in [0.1, 0.15) is 5.56 Å². The molecule has 0 fully saturated rings. The van der Waals surface area contributed by atoms with Gasteiger partial charge in [-0.1, -0.05) is 12.1 Å². The molecule has 0 heterocycles. The first-order chi connectivity index (χ1) is 7.99. The second kappa shape index (κ2) is 5.89. The van der Waals surface area contributed by atoms with E-state index in [4.69, 9.17) is 9.84 Å². The maximum atomic E-state index is 11.3. The molecule has 1 aromatic carbocycles. The van der Waals surface area contributed by atoms with E-state index in [0.717, 1.165) is 0 Å². The Labute approximate surface area is 99.6 Å². The highest BCUT2D eigenvalue weighted by Crippen LogP contribution is 2.12. The van der Waals surface area contributed by atoms with Gasteiger partial charge in [-0.3, -0.25) is 9.59 Å². The van der Waals surface area contributed by atoms with Crippen LogP contribution in [0.25, 0.3) is 0 Å². The molecule has 0 aliphatic carbocycles. The van der Waals surface area contributed by atoms with Crippen LogP contribution in [0.5, 0.6) is 5.75 Å². The smallest absolute Gasteiger partial charge is 0.307 e. The molecule has 92 valence electrons. The predicted octanol–water partition coefficient (Wildman–Crippen LogP) is 0.781. The molecule has 17 heavy (non-hydrogen) atoms. The van der Waals surface area contributed by atoms with Crippen LogP contribution in [-0.2, 0) is 16.0 Å². The molecule has 1 aromatic rings. The van der Waals surface area contributed by atoms with Gasteiger partial charge in [0.25, 0.3) is 5.91 Å². The average Bonchev–Trinajstić information content (AvgIpc) is 2.26. The summed E-state index contributed by atoms with van der Waals surface area (Å²) < 4.78 is 5.25. The molecule has 0 aromatic heterocycles. The summed E-state index contributed by atoms with van der Waals surface area (Å²) in [5, 5.41) is 8.59. The molecule has 0 spiro atoms. The van der Waals surface area contributed by atoms with E-state index in [1.807, 2.05) is 0 Å². The number of likely N-dealkylation sites (N-methyl/N-ethyl adjacent to an activating group) is 1.